The van der Waals surface area contributed by atoms with Gasteiger partial charge in [-0.05, 0) is 43.7 Å². The fraction of sp³-hybridized carbons (Fsp3) is 0.250. The van der Waals surface area contributed by atoms with Gasteiger partial charge in [-0.3, -0.25) is 4.18 Å². The minimum Gasteiger partial charge on any atom is -0.490 e. The third-order valence-electron chi connectivity index (χ3n) is 4.58. The van der Waals surface area contributed by atoms with E-state index in [9.17, 15) is 13.5 Å². The van der Waals surface area contributed by atoms with Gasteiger partial charge in [0, 0.05) is 0 Å². The molecule has 0 radical (unpaired) electrons. The van der Waals surface area contributed by atoms with E-state index in [1.807, 2.05) is 38.1 Å². The van der Waals surface area contributed by atoms with E-state index in [4.69, 9.17) is 13.7 Å². The summed E-state index contributed by atoms with van der Waals surface area (Å²) in [5.74, 6) is 0.977. The molecule has 0 saturated carbocycles. The monoisotopic (exact) mass is 442 g/mol. The maximum atomic E-state index is 12.5. The second-order valence-corrected chi connectivity index (χ2v) is 8.56. The molecule has 0 aliphatic heterocycles. The van der Waals surface area contributed by atoms with Crippen LogP contribution in [-0.4, -0.2) is 32.8 Å². The van der Waals surface area contributed by atoms with E-state index in [1.165, 1.54) is 12.1 Å². The molecule has 0 saturated heterocycles. The molecule has 164 valence electrons. The van der Waals surface area contributed by atoms with Crippen molar-refractivity contribution in [2.75, 3.05) is 13.2 Å². The summed E-state index contributed by atoms with van der Waals surface area (Å²) in [6.45, 7) is 3.72. The molecule has 6 nitrogen and oxygen atoms in total. The Bertz CT molecular complexity index is 1060. The van der Waals surface area contributed by atoms with Crippen LogP contribution < -0.4 is 9.47 Å². The Hall–Kier alpha value is -2.87. The van der Waals surface area contributed by atoms with Gasteiger partial charge >= 0.3 is 0 Å². The van der Waals surface area contributed by atoms with Crippen LogP contribution in [0.4, 0.5) is 0 Å². The van der Waals surface area contributed by atoms with Crippen molar-refractivity contribution in [3.05, 3.63) is 90.0 Å². The first kappa shape index (κ1) is 22.8. The van der Waals surface area contributed by atoms with Crippen molar-refractivity contribution >= 4 is 10.1 Å². The molecule has 3 aromatic rings. The maximum Gasteiger partial charge on any atom is 0.297 e. The standard InChI is InChI=1S/C24H26O6S/c1-3-28-22-11-7-8-12-23(22)30-24(19-9-5-4-6-10-19)21(25)17-29-31(26,27)20-15-13-18(2)14-16-20/h4-16,21,24-25H,3,17H2,1-2H3. The number of rotatable bonds is 10. The van der Waals surface area contributed by atoms with Crippen molar-refractivity contribution in [3.63, 3.8) is 0 Å². The summed E-state index contributed by atoms with van der Waals surface area (Å²) in [5.41, 5.74) is 1.61. The SMILES string of the molecule is CCOc1ccccc1OC(c1ccccc1)C(O)COS(=O)(=O)c1ccc(C)cc1. The van der Waals surface area contributed by atoms with Gasteiger partial charge in [0.1, 0.15) is 6.10 Å². The summed E-state index contributed by atoms with van der Waals surface area (Å²) in [4.78, 5) is 0.0316. The number of para-hydroxylation sites is 2. The lowest BCUT2D eigenvalue weighted by atomic mass is 10.0. The lowest BCUT2D eigenvalue weighted by Gasteiger charge is -2.25. The average Bonchev–Trinajstić information content (AvgIpc) is 2.78. The van der Waals surface area contributed by atoms with E-state index in [1.54, 1.807) is 42.5 Å². The molecule has 2 atom stereocenters. The first-order chi connectivity index (χ1) is 14.9. The molecule has 3 rings (SSSR count). The lowest BCUT2D eigenvalue weighted by molar-refractivity contribution is 0.00508. The number of benzene rings is 3. The van der Waals surface area contributed by atoms with E-state index in [0.717, 1.165) is 5.56 Å². The van der Waals surface area contributed by atoms with Gasteiger partial charge in [0.25, 0.3) is 10.1 Å². The van der Waals surface area contributed by atoms with Crippen LogP contribution in [0.3, 0.4) is 0 Å². The zero-order valence-electron chi connectivity index (χ0n) is 17.5. The van der Waals surface area contributed by atoms with E-state index >= 15 is 0 Å². The number of aliphatic hydroxyl groups excluding tert-OH is 1. The lowest BCUT2D eigenvalue weighted by Crippen LogP contribution is -2.29. The van der Waals surface area contributed by atoms with E-state index in [-0.39, 0.29) is 4.90 Å². The van der Waals surface area contributed by atoms with Gasteiger partial charge in [-0.1, -0.05) is 60.2 Å². The highest BCUT2D eigenvalue weighted by atomic mass is 32.2. The van der Waals surface area contributed by atoms with Crippen LogP contribution in [0.15, 0.2) is 83.8 Å². The molecule has 31 heavy (non-hydrogen) atoms. The van der Waals surface area contributed by atoms with Gasteiger partial charge in [0.15, 0.2) is 17.6 Å². The smallest absolute Gasteiger partial charge is 0.297 e. The molecular formula is C24H26O6S. The number of aliphatic hydroxyl groups is 1. The molecule has 0 amide bonds. The van der Waals surface area contributed by atoms with Crippen molar-refractivity contribution in [3.8, 4) is 11.5 Å². The molecule has 0 bridgehead atoms. The number of hydrogen-bond acceptors (Lipinski definition) is 6. The first-order valence-corrected chi connectivity index (χ1v) is 11.4. The minimum absolute atomic E-state index is 0.0316. The fourth-order valence-corrected chi connectivity index (χ4v) is 3.91. The Morgan fingerprint density at radius 2 is 1.48 bits per heavy atom. The van der Waals surface area contributed by atoms with E-state index in [2.05, 4.69) is 0 Å². The third-order valence-corrected chi connectivity index (χ3v) is 5.88. The van der Waals surface area contributed by atoms with Crippen LogP contribution in [0.2, 0.25) is 0 Å². The molecule has 1 N–H and O–H groups in total. The van der Waals surface area contributed by atoms with Crippen molar-refractivity contribution in [1.82, 2.24) is 0 Å². The average molecular weight is 443 g/mol. The van der Waals surface area contributed by atoms with Crippen LogP contribution in [0.5, 0.6) is 11.5 Å². The molecule has 0 heterocycles. The summed E-state index contributed by atoms with van der Waals surface area (Å²) < 4.78 is 41.9. The highest BCUT2D eigenvalue weighted by Crippen LogP contribution is 2.33. The van der Waals surface area contributed by atoms with Gasteiger partial charge in [-0.2, -0.15) is 8.42 Å². The Balaban J connectivity index is 1.80. The summed E-state index contributed by atoms with van der Waals surface area (Å²) in [6, 6.07) is 22.5. The zero-order valence-corrected chi connectivity index (χ0v) is 18.3. The summed E-state index contributed by atoms with van der Waals surface area (Å²) in [6.07, 6.45) is -2.12. The molecular weight excluding hydrogens is 416 g/mol. The molecule has 0 aliphatic carbocycles. The van der Waals surface area contributed by atoms with Gasteiger partial charge in [-0.25, -0.2) is 0 Å². The summed E-state index contributed by atoms with van der Waals surface area (Å²) in [5, 5.41) is 10.8. The van der Waals surface area contributed by atoms with Gasteiger partial charge in [-0.15, -0.1) is 0 Å². The number of ether oxygens (including phenoxy) is 2. The highest BCUT2D eigenvalue weighted by Gasteiger charge is 2.27. The fourth-order valence-electron chi connectivity index (χ4n) is 2.99. The molecule has 0 spiro atoms. The van der Waals surface area contributed by atoms with E-state index in [0.29, 0.717) is 23.7 Å². The first-order valence-electron chi connectivity index (χ1n) is 9.98. The van der Waals surface area contributed by atoms with E-state index < -0.39 is 28.9 Å². The van der Waals surface area contributed by atoms with Crippen LogP contribution in [-0.2, 0) is 14.3 Å². The van der Waals surface area contributed by atoms with Crippen molar-refractivity contribution in [2.45, 2.75) is 31.0 Å². The molecule has 0 fully saturated rings. The van der Waals surface area contributed by atoms with Gasteiger partial charge in [0.05, 0.1) is 18.1 Å². The molecule has 0 aromatic heterocycles. The predicted molar refractivity (Wildman–Crippen MR) is 118 cm³/mol. The topological polar surface area (TPSA) is 82.1 Å². The summed E-state index contributed by atoms with van der Waals surface area (Å²) in [7, 11) is -4.02. The third kappa shape index (κ3) is 6.07. The normalized spacial score (nSPS) is 13.4. The highest BCUT2D eigenvalue weighted by molar-refractivity contribution is 7.86. The van der Waals surface area contributed by atoms with Gasteiger partial charge in [0.2, 0.25) is 0 Å². The number of hydrogen-bond donors (Lipinski definition) is 1. The molecule has 7 heteroatoms. The van der Waals surface area contributed by atoms with Crippen LogP contribution in [0.25, 0.3) is 0 Å². The Kier molecular flexibility index (Phi) is 7.68. The maximum absolute atomic E-state index is 12.5. The second-order valence-electron chi connectivity index (χ2n) is 6.95. The number of aryl methyl sites for hydroxylation is 1. The van der Waals surface area contributed by atoms with Crippen molar-refractivity contribution in [1.29, 1.82) is 0 Å². The van der Waals surface area contributed by atoms with Gasteiger partial charge < -0.3 is 14.6 Å². The largest absolute Gasteiger partial charge is 0.490 e. The van der Waals surface area contributed by atoms with Crippen LogP contribution in [0.1, 0.15) is 24.2 Å². The Labute approximate surface area is 183 Å². The molecule has 3 aromatic carbocycles. The van der Waals surface area contributed by atoms with Crippen molar-refractivity contribution < 1.29 is 27.2 Å². The molecule has 0 aliphatic rings. The summed E-state index contributed by atoms with van der Waals surface area (Å²) >= 11 is 0. The Morgan fingerprint density at radius 1 is 0.871 bits per heavy atom. The van der Waals surface area contributed by atoms with Crippen LogP contribution >= 0.6 is 0 Å². The predicted octanol–water partition coefficient (Wildman–Crippen LogP) is 4.28. The van der Waals surface area contributed by atoms with Crippen molar-refractivity contribution in [2.24, 2.45) is 0 Å². The molecule has 2 unspecified atom stereocenters. The second kappa shape index (κ2) is 10.4. The van der Waals surface area contributed by atoms with Crippen LogP contribution in [0, 0.1) is 6.92 Å². The Morgan fingerprint density at radius 3 is 2.13 bits per heavy atom. The minimum atomic E-state index is -4.02. The zero-order chi connectivity index (χ0) is 22.3. The quantitative estimate of drug-likeness (QED) is 0.472.